The topological polar surface area (TPSA) is 68.1 Å². The minimum atomic E-state index is -0.870. The first-order valence-corrected chi connectivity index (χ1v) is 6.17. The van der Waals surface area contributed by atoms with Crippen LogP contribution in [0.1, 0.15) is 17.4 Å². The maximum Gasteiger partial charge on any atom is 0.216 e. The molecule has 20 heavy (non-hydrogen) atoms. The second-order valence-electron chi connectivity index (χ2n) is 4.31. The molecule has 3 rings (SSSR count). The van der Waals surface area contributed by atoms with Crippen molar-refractivity contribution in [3.05, 3.63) is 60.2 Å². The Kier molecular flexibility index (Phi) is 3.26. The van der Waals surface area contributed by atoms with Gasteiger partial charge in [-0.05, 0) is 6.07 Å². The first-order chi connectivity index (χ1) is 9.79. The number of nitrogens with zero attached hydrogens (tertiary/aromatic N) is 3. The third-order valence-corrected chi connectivity index (χ3v) is 3.11. The third kappa shape index (κ3) is 2.19. The van der Waals surface area contributed by atoms with E-state index in [1.165, 1.54) is 13.4 Å². The summed E-state index contributed by atoms with van der Waals surface area (Å²) >= 11 is 0. The number of pyridine rings is 1. The molecule has 2 heterocycles. The van der Waals surface area contributed by atoms with Crippen molar-refractivity contribution in [2.75, 3.05) is 7.11 Å². The largest absolute Gasteiger partial charge is 0.481 e. The lowest BCUT2D eigenvalue weighted by Gasteiger charge is -2.13. The second-order valence-corrected chi connectivity index (χ2v) is 4.31. The van der Waals surface area contributed by atoms with Crippen LogP contribution in [-0.2, 0) is 0 Å². The van der Waals surface area contributed by atoms with Gasteiger partial charge in [-0.3, -0.25) is 4.98 Å². The zero-order valence-corrected chi connectivity index (χ0v) is 10.9. The van der Waals surface area contributed by atoms with E-state index in [1.54, 1.807) is 12.3 Å². The number of aliphatic hydroxyl groups is 1. The summed E-state index contributed by atoms with van der Waals surface area (Å²) in [6.07, 6.45) is 2.21. The Balaban J connectivity index is 2.10. The molecule has 3 aromatic rings. The van der Waals surface area contributed by atoms with Crippen LogP contribution in [0.3, 0.4) is 0 Å². The van der Waals surface area contributed by atoms with Crippen molar-refractivity contribution in [2.24, 2.45) is 0 Å². The summed E-state index contributed by atoms with van der Waals surface area (Å²) in [6, 6.07) is 11.1. The monoisotopic (exact) mass is 267 g/mol. The van der Waals surface area contributed by atoms with Crippen LogP contribution in [0.15, 0.2) is 48.9 Å². The average molecular weight is 267 g/mol. The number of methoxy groups -OCH3 is 1. The van der Waals surface area contributed by atoms with Gasteiger partial charge in [0.15, 0.2) is 0 Å². The van der Waals surface area contributed by atoms with Crippen molar-refractivity contribution in [3.8, 4) is 5.88 Å². The van der Waals surface area contributed by atoms with Gasteiger partial charge in [0.2, 0.25) is 5.88 Å². The van der Waals surface area contributed by atoms with Crippen LogP contribution in [0.4, 0.5) is 0 Å². The molecule has 0 fully saturated rings. The van der Waals surface area contributed by atoms with Gasteiger partial charge in [0.25, 0.3) is 0 Å². The van der Waals surface area contributed by atoms with Crippen molar-refractivity contribution in [3.63, 3.8) is 0 Å². The van der Waals surface area contributed by atoms with Crippen molar-refractivity contribution >= 4 is 10.9 Å². The van der Waals surface area contributed by atoms with E-state index in [9.17, 15) is 5.11 Å². The molecule has 1 aromatic carbocycles. The van der Waals surface area contributed by atoms with Gasteiger partial charge in [-0.25, -0.2) is 9.97 Å². The Morgan fingerprint density at radius 2 is 1.95 bits per heavy atom. The normalized spacial score (nSPS) is 12.3. The van der Waals surface area contributed by atoms with Crippen LogP contribution in [0.5, 0.6) is 5.88 Å². The number of benzene rings is 1. The highest BCUT2D eigenvalue weighted by Gasteiger charge is 2.16. The highest BCUT2D eigenvalue weighted by atomic mass is 16.5. The molecule has 0 amide bonds. The maximum absolute atomic E-state index is 10.5. The second kappa shape index (κ2) is 5.22. The standard InChI is InChI=1S/C15H13N3O2/c1-20-13-8-12(17-9-18-13)15(19)11-6-2-4-10-5-3-7-16-14(10)11/h2-9,15,19H,1H3. The number of fused-ring (bicyclic) bond motifs is 1. The third-order valence-electron chi connectivity index (χ3n) is 3.11. The number of rotatable bonds is 3. The highest BCUT2D eigenvalue weighted by molar-refractivity contribution is 5.82. The number of ether oxygens (including phenoxy) is 1. The maximum atomic E-state index is 10.5. The average Bonchev–Trinajstić information content (AvgIpc) is 2.53. The Morgan fingerprint density at radius 1 is 1.10 bits per heavy atom. The van der Waals surface area contributed by atoms with Gasteiger partial charge >= 0.3 is 0 Å². The molecule has 5 heteroatoms. The van der Waals surface area contributed by atoms with E-state index in [2.05, 4.69) is 15.0 Å². The van der Waals surface area contributed by atoms with Crippen LogP contribution < -0.4 is 4.74 Å². The molecule has 0 bridgehead atoms. The first kappa shape index (κ1) is 12.5. The molecule has 0 aliphatic heterocycles. The lowest BCUT2D eigenvalue weighted by atomic mass is 10.0. The fourth-order valence-electron chi connectivity index (χ4n) is 2.12. The van der Waals surface area contributed by atoms with Crippen LogP contribution in [-0.4, -0.2) is 27.2 Å². The Labute approximate surface area is 115 Å². The summed E-state index contributed by atoms with van der Waals surface area (Å²) < 4.78 is 5.05. The molecule has 0 saturated carbocycles. The zero-order valence-electron chi connectivity index (χ0n) is 10.9. The smallest absolute Gasteiger partial charge is 0.216 e. The Hall–Kier alpha value is -2.53. The molecular weight excluding hydrogens is 254 g/mol. The van der Waals surface area contributed by atoms with E-state index in [-0.39, 0.29) is 0 Å². The molecule has 0 radical (unpaired) electrons. The van der Waals surface area contributed by atoms with Crippen LogP contribution in [0.25, 0.3) is 10.9 Å². The molecule has 2 aromatic heterocycles. The summed E-state index contributed by atoms with van der Waals surface area (Å²) in [5, 5.41) is 11.5. The summed E-state index contributed by atoms with van der Waals surface area (Å²) in [5.74, 6) is 0.419. The zero-order chi connectivity index (χ0) is 13.9. The van der Waals surface area contributed by atoms with E-state index in [4.69, 9.17) is 4.74 Å². The number of aliphatic hydroxyl groups excluding tert-OH is 1. The van der Waals surface area contributed by atoms with Gasteiger partial charge in [0.1, 0.15) is 12.4 Å². The van der Waals surface area contributed by atoms with Gasteiger partial charge in [-0.15, -0.1) is 0 Å². The molecule has 1 unspecified atom stereocenters. The van der Waals surface area contributed by atoms with Crippen LogP contribution in [0.2, 0.25) is 0 Å². The van der Waals surface area contributed by atoms with Gasteiger partial charge in [-0.2, -0.15) is 0 Å². The number of hydrogen-bond acceptors (Lipinski definition) is 5. The lowest BCUT2D eigenvalue weighted by molar-refractivity contribution is 0.215. The minimum absolute atomic E-state index is 0.419. The Bertz CT molecular complexity index is 741. The predicted molar refractivity (Wildman–Crippen MR) is 74.4 cm³/mol. The number of hydrogen-bond donors (Lipinski definition) is 1. The number of para-hydroxylation sites is 1. The fourth-order valence-corrected chi connectivity index (χ4v) is 2.12. The Morgan fingerprint density at radius 3 is 2.80 bits per heavy atom. The van der Waals surface area contributed by atoms with Crippen LogP contribution in [0, 0.1) is 0 Å². The van der Waals surface area contributed by atoms with E-state index in [0.29, 0.717) is 17.1 Å². The highest BCUT2D eigenvalue weighted by Crippen LogP contribution is 2.27. The van der Waals surface area contributed by atoms with Crippen molar-refractivity contribution in [1.29, 1.82) is 0 Å². The van der Waals surface area contributed by atoms with Gasteiger partial charge in [0.05, 0.1) is 18.3 Å². The van der Waals surface area contributed by atoms with E-state index in [1.807, 2.05) is 30.3 Å². The molecule has 0 spiro atoms. The van der Waals surface area contributed by atoms with Crippen molar-refractivity contribution in [2.45, 2.75) is 6.10 Å². The van der Waals surface area contributed by atoms with Crippen LogP contribution >= 0.6 is 0 Å². The van der Waals surface area contributed by atoms with Gasteiger partial charge < -0.3 is 9.84 Å². The predicted octanol–water partition coefficient (Wildman–Crippen LogP) is 2.12. The summed E-state index contributed by atoms with van der Waals surface area (Å²) in [4.78, 5) is 12.4. The van der Waals surface area contributed by atoms with Crippen molar-refractivity contribution in [1.82, 2.24) is 15.0 Å². The molecule has 100 valence electrons. The van der Waals surface area contributed by atoms with Crippen molar-refractivity contribution < 1.29 is 9.84 Å². The molecule has 5 nitrogen and oxygen atoms in total. The molecule has 1 atom stereocenters. The van der Waals surface area contributed by atoms with E-state index in [0.717, 1.165) is 10.9 Å². The fraction of sp³-hybridized carbons (Fsp3) is 0.133. The summed E-state index contributed by atoms with van der Waals surface area (Å²) in [5.41, 5.74) is 1.96. The molecule has 1 N–H and O–H groups in total. The first-order valence-electron chi connectivity index (χ1n) is 6.17. The van der Waals surface area contributed by atoms with Gasteiger partial charge in [-0.1, -0.05) is 24.3 Å². The van der Waals surface area contributed by atoms with Gasteiger partial charge in [0, 0.05) is 23.2 Å². The minimum Gasteiger partial charge on any atom is -0.481 e. The number of aromatic nitrogens is 3. The molecule has 0 aliphatic rings. The molecule has 0 saturated heterocycles. The molecular formula is C15H13N3O2. The van der Waals surface area contributed by atoms with E-state index >= 15 is 0 Å². The quantitative estimate of drug-likeness (QED) is 0.787. The summed E-state index contributed by atoms with van der Waals surface area (Å²) in [7, 11) is 1.53. The lowest BCUT2D eigenvalue weighted by Crippen LogP contribution is -2.05. The SMILES string of the molecule is COc1cc(C(O)c2cccc3cccnc23)ncn1. The van der Waals surface area contributed by atoms with E-state index < -0.39 is 6.10 Å². The molecule has 0 aliphatic carbocycles. The summed E-state index contributed by atoms with van der Waals surface area (Å²) in [6.45, 7) is 0.